The zero-order chi connectivity index (χ0) is 22.8. The average Bonchev–Trinajstić information content (AvgIpc) is 2.83. The first-order valence-electron chi connectivity index (χ1n) is 10.5. The van der Waals surface area contributed by atoms with Gasteiger partial charge in [0.25, 0.3) is 5.91 Å². The van der Waals surface area contributed by atoms with Crippen LogP contribution in [0.5, 0.6) is 11.5 Å². The van der Waals surface area contributed by atoms with E-state index < -0.39 is 6.10 Å². The monoisotopic (exact) mass is 440 g/mol. The summed E-state index contributed by atoms with van der Waals surface area (Å²) >= 11 is 0. The molecule has 9 nitrogen and oxygen atoms in total. The number of benzene rings is 2. The number of amides is 2. The van der Waals surface area contributed by atoms with E-state index in [1.165, 1.54) is 7.11 Å². The fourth-order valence-electron chi connectivity index (χ4n) is 3.23. The summed E-state index contributed by atoms with van der Waals surface area (Å²) in [6.45, 7) is 1.37. The number of ether oxygens (including phenoxy) is 2. The molecular weight excluding hydrogens is 412 g/mol. The van der Waals surface area contributed by atoms with Crippen LogP contribution in [0.4, 0.5) is 0 Å². The molecule has 2 aromatic rings. The number of hydrazone groups is 1. The number of carbonyl (C=O) groups excluding carboxylic acids is 2. The minimum absolute atomic E-state index is 0.133. The molecule has 0 radical (unpaired) electrons. The third kappa shape index (κ3) is 6.53. The molecule has 0 fully saturated rings. The standard InChI is InChI=1S/C23H28N4O5/c1-31-22-18(20-10-11-21(29)27-26-20)8-5-9-19(22)23(30)25-13-12-24-14-16(28)15-32-17-6-3-2-4-7-17/h2-9,16,24,28H,10-15H2,1H3,(H,25,30)(H,27,29). The topological polar surface area (TPSA) is 121 Å². The second kappa shape index (κ2) is 11.8. The van der Waals surface area contributed by atoms with Crippen molar-refractivity contribution in [1.29, 1.82) is 0 Å². The van der Waals surface area contributed by atoms with Crippen molar-refractivity contribution in [2.45, 2.75) is 18.9 Å². The van der Waals surface area contributed by atoms with Crippen molar-refractivity contribution in [2.75, 3.05) is 33.4 Å². The summed E-state index contributed by atoms with van der Waals surface area (Å²) in [6.07, 6.45) is 0.152. The van der Waals surface area contributed by atoms with E-state index in [-0.39, 0.29) is 18.4 Å². The molecule has 170 valence electrons. The van der Waals surface area contributed by atoms with E-state index in [0.717, 1.165) is 0 Å². The van der Waals surface area contributed by atoms with Crippen molar-refractivity contribution in [2.24, 2.45) is 5.10 Å². The maximum Gasteiger partial charge on any atom is 0.255 e. The van der Waals surface area contributed by atoms with Gasteiger partial charge in [-0.3, -0.25) is 9.59 Å². The van der Waals surface area contributed by atoms with Crippen molar-refractivity contribution in [3.63, 3.8) is 0 Å². The van der Waals surface area contributed by atoms with E-state index in [1.54, 1.807) is 12.1 Å². The van der Waals surface area contributed by atoms with Crippen LogP contribution in [-0.4, -0.2) is 62.1 Å². The third-order valence-corrected chi connectivity index (χ3v) is 4.83. The predicted molar refractivity (Wildman–Crippen MR) is 120 cm³/mol. The van der Waals surface area contributed by atoms with Crippen LogP contribution in [0.1, 0.15) is 28.8 Å². The summed E-state index contributed by atoms with van der Waals surface area (Å²) in [4.78, 5) is 24.0. The van der Waals surface area contributed by atoms with Crippen LogP contribution in [0.25, 0.3) is 0 Å². The van der Waals surface area contributed by atoms with E-state index in [0.29, 0.717) is 60.8 Å². The number of rotatable bonds is 11. The van der Waals surface area contributed by atoms with Crippen molar-refractivity contribution < 1.29 is 24.2 Å². The highest BCUT2D eigenvalue weighted by Crippen LogP contribution is 2.26. The molecule has 4 N–H and O–H groups in total. The quantitative estimate of drug-likeness (QED) is 0.388. The largest absolute Gasteiger partial charge is 0.495 e. The van der Waals surface area contributed by atoms with Gasteiger partial charge in [-0.15, -0.1) is 0 Å². The Morgan fingerprint density at radius 1 is 1.16 bits per heavy atom. The molecule has 1 aliphatic heterocycles. The third-order valence-electron chi connectivity index (χ3n) is 4.83. The predicted octanol–water partition coefficient (Wildman–Crippen LogP) is 1.07. The van der Waals surface area contributed by atoms with Crippen molar-refractivity contribution >= 4 is 17.5 Å². The number of aliphatic hydroxyl groups is 1. The van der Waals surface area contributed by atoms with Gasteiger partial charge in [0.2, 0.25) is 5.91 Å². The van der Waals surface area contributed by atoms with Crippen molar-refractivity contribution in [3.8, 4) is 11.5 Å². The Balaban J connectivity index is 1.45. The summed E-state index contributed by atoms with van der Waals surface area (Å²) in [5.41, 5.74) is 4.20. The summed E-state index contributed by atoms with van der Waals surface area (Å²) in [5.74, 6) is 0.711. The van der Waals surface area contributed by atoms with Crippen LogP contribution in [0.15, 0.2) is 53.6 Å². The van der Waals surface area contributed by atoms with E-state index in [1.807, 2.05) is 36.4 Å². The van der Waals surface area contributed by atoms with Gasteiger partial charge < -0.3 is 25.2 Å². The minimum atomic E-state index is -0.667. The Kier molecular flexibility index (Phi) is 8.59. The van der Waals surface area contributed by atoms with E-state index in [4.69, 9.17) is 9.47 Å². The second-order valence-electron chi connectivity index (χ2n) is 7.22. The van der Waals surface area contributed by atoms with Crippen LogP contribution in [0.2, 0.25) is 0 Å². The number of nitrogens with zero attached hydrogens (tertiary/aromatic N) is 1. The lowest BCUT2D eigenvalue weighted by Gasteiger charge is -2.17. The van der Waals surface area contributed by atoms with E-state index in [2.05, 4.69) is 21.2 Å². The first-order valence-corrected chi connectivity index (χ1v) is 10.5. The smallest absolute Gasteiger partial charge is 0.255 e. The normalized spacial score (nSPS) is 14.2. The molecule has 0 bridgehead atoms. The zero-order valence-electron chi connectivity index (χ0n) is 18.0. The van der Waals surface area contributed by atoms with Gasteiger partial charge in [0.1, 0.15) is 24.2 Å². The molecule has 0 spiro atoms. The molecule has 1 aliphatic rings. The van der Waals surface area contributed by atoms with Crippen LogP contribution < -0.4 is 25.5 Å². The van der Waals surface area contributed by atoms with Gasteiger partial charge in [-0.1, -0.05) is 24.3 Å². The highest BCUT2D eigenvalue weighted by Gasteiger charge is 2.21. The first kappa shape index (κ1) is 23.2. The van der Waals surface area contributed by atoms with Gasteiger partial charge in [-0.2, -0.15) is 5.10 Å². The summed E-state index contributed by atoms with van der Waals surface area (Å²) in [7, 11) is 1.50. The number of hydrogen-bond acceptors (Lipinski definition) is 7. The van der Waals surface area contributed by atoms with Crippen molar-refractivity contribution in [1.82, 2.24) is 16.1 Å². The number of aliphatic hydroxyl groups excluding tert-OH is 1. The highest BCUT2D eigenvalue weighted by molar-refractivity contribution is 6.09. The molecule has 2 aromatic carbocycles. The van der Waals surface area contributed by atoms with E-state index >= 15 is 0 Å². The van der Waals surface area contributed by atoms with Crippen LogP contribution in [0, 0.1) is 0 Å². The molecule has 2 amide bonds. The molecule has 32 heavy (non-hydrogen) atoms. The molecular formula is C23H28N4O5. The molecule has 0 saturated heterocycles. The number of para-hydroxylation sites is 2. The van der Waals surface area contributed by atoms with E-state index in [9.17, 15) is 14.7 Å². The van der Waals surface area contributed by atoms with Crippen molar-refractivity contribution in [3.05, 3.63) is 59.7 Å². The lowest BCUT2D eigenvalue weighted by atomic mass is 10.00. The highest BCUT2D eigenvalue weighted by atomic mass is 16.5. The van der Waals surface area contributed by atoms with Gasteiger partial charge in [0, 0.05) is 38.0 Å². The number of methoxy groups -OCH3 is 1. The first-order chi connectivity index (χ1) is 15.6. The van der Waals surface area contributed by atoms with Gasteiger partial charge in [0.15, 0.2) is 0 Å². The number of carbonyl (C=O) groups is 2. The summed E-state index contributed by atoms with van der Waals surface area (Å²) in [6, 6.07) is 14.5. The maximum absolute atomic E-state index is 12.7. The fraction of sp³-hybridized carbons (Fsp3) is 0.348. The fourth-order valence-corrected chi connectivity index (χ4v) is 3.23. The molecule has 1 unspecified atom stereocenters. The summed E-state index contributed by atoms with van der Waals surface area (Å²) < 4.78 is 11.0. The van der Waals surface area contributed by atoms with Gasteiger partial charge in [0.05, 0.1) is 18.4 Å². The maximum atomic E-state index is 12.7. The van der Waals surface area contributed by atoms with Crippen LogP contribution in [0.3, 0.4) is 0 Å². The molecule has 1 atom stereocenters. The number of nitrogens with one attached hydrogen (secondary N) is 3. The molecule has 1 heterocycles. The molecule has 3 rings (SSSR count). The summed E-state index contributed by atoms with van der Waals surface area (Å²) in [5, 5.41) is 20.0. The minimum Gasteiger partial charge on any atom is -0.495 e. The van der Waals surface area contributed by atoms with Gasteiger partial charge in [-0.25, -0.2) is 5.43 Å². The number of hydrogen-bond donors (Lipinski definition) is 4. The molecule has 0 aliphatic carbocycles. The lowest BCUT2D eigenvalue weighted by molar-refractivity contribution is -0.121. The van der Waals surface area contributed by atoms with Crippen LogP contribution >= 0.6 is 0 Å². The Morgan fingerprint density at radius 3 is 2.69 bits per heavy atom. The Labute approximate surface area is 186 Å². The Morgan fingerprint density at radius 2 is 1.97 bits per heavy atom. The Hall–Kier alpha value is -3.43. The molecule has 0 aromatic heterocycles. The van der Waals surface area contributed by atoms with Gasteiger partial charge >= 0.3 is 0 Å². The Bertz CT molecular complexity index is 949. The van der Waals surface area contributed by atoms with Crippen LogP contribution in [-0.2, 0) is 4.79 Å². The second-order valence-corrected chi connectivity index (χ2v) is 7.22. The zero-order valence-corrected chi connectivity index (χ0v) is 18.0. The SMILES string of the molecule is COc1c(C(=O)NCCNCC(O)COc2ccccc2)cccc1C1=NNC(=O)CC1. The molecule has 0 saturated carbocycles. The average molecular weight is 441 g/mol. The molecule has 9 heteroatoms. The lowest BCUT2D eigenvalue weighted by Crippen LogP contribution is -2.37. The van der Waals surface area contributed by atoms with Gasteiger partial charge in [-0.05, 0) is 24.3 Å².